The lowest BCUT2D eigenvalue weighted by Gasteiger charge is -2.21. The Bertz CT molecular complexity index is 315. The number of hydrogen-bond donors (Lipinski definition) is 3. The Labute approximate surface area is 98.9 Å². The van der Waals surface area contributed by atoms with Gasteiger partial charge < -0.3 is 21.1 Å². The summed E-state index contributed by atoms with van der Waals surface area (Å²) in [6.07, 6.45) is 1.83. The lowest BCUT2D eigenvalue weighted by atomic mass is 10.3. The quantitative estimate of drug-likeness (QED) is 0.560. The van der Waals surface area contributed by atoms with Crippen LogP contribution in [0.3, 0.4) is 0 Å². The SMILES string of the molecule is NC(=O)CCNC(=O)N(CCC(=O)O)C1CC1. The molecular formula is C10H17N3O4. The molecule has 1 aliphatic carbocycles. The van der Waals surface area contributed by atoms with Gasteiger partial charge in [-0.2, -0.15) is 0 Å². The second kappa shape index (κ2) is 6.07. The van der Waals surface area contributed by atoms with Crippen molar-refractivity contribution in [2.45, 2.75) is 31.7 Å². The van der Waals surface area contributed by atoms with Gasteiger partial charge >= 0.3 is 12.0 Å². The summed E-state index contributed by atoms with van der Waals surface area (Å²) in [5, 5.41) is 11.1. The summed E-state index contributed by atoms with van der Waals surface area (Å²) in [7, 11) is 0. The molecule has 0 aliphatic heterocycles. The van der Waals surface area contributed by atoms with Crippen molar-refractivity contribution in [3.63, 3.8) is 0 Å². The third-order valence-corrected chi connectivity index (χ3v) is 2.46. The van der Waals surface area contributed by atoms with Gasteiger partial charge in [0, 0.05) is 25.6 Å². The van der Waals surface area contributed by atoms with Crippen LogP contribution in [0, 0.1) is 0 Å². The van der Waals surface area contributed by atoms with E-state index in [0.717, 1.165) is 12.8 Å². The fourth-order valence-electron chi connectivity index (χ4n) is 1.45. The van der Waals surface area contributed by atoms with E-state index in [-0.39, 0.29) is 38.0 Å². The highest BCUT2D eigenvalue weighted by Gasteiger charge is 2.32. The van der Waals surface area contributed by atoms with Crippen LogP contribution >= 0.6 is 0 Å². The molecule has 0 spiro atoms. The van der Waals surface area contributed by atoms with Gasteiger partial charge in [-0.05, 0) is 12.8 Å². The Morgan fingerprint density at radius 3 is 2.41 bits per heavy atom. The van der Waals surface area contributed by atoms with Crippen molar-refractivity contribution in [3.8, 4) is 0 Å². The number of hydrogen-bond acceptors (Lipinski definition) is 3. The number of carbonyl (C=O) groups is 3. The van der Waals surface area contributed by atoms with E-state index in [4.69, 9.17) is 10.8 Å². The molecule has 1 rings (SSSR count). The van der Waals surface area contributed by atoms with Crippen molar-refractivity contribution in [2.75, 3.05) is 13.1 Å². The van der Waals surface area contributed by atoms with Gasteiger partial charge in [0.2, 0.25) is 5.91 Å². The first-order chi connectivity index (χ1) is 8.00. The van der Waals surface area contributed by atoms with Crippen LogP contribution in [-0.2, 0) is 9.59 Å². The summed E-state index contributed by atoms with van der Waals surface area (Å²) in [6, 6.07) is -0.182. The molecular weight excluding hydrogens is 226 g/mol. The minimum atomic E-state index is -0.930. The van der Waals surface area contributed by atoms with Crippen LogP contribution in [0.25, 0.3) is 0 Å². The van der Waals surface area contributed by atoms with Gasteiger partial charge in [-0.1, -0.05) is 0 Å². The van der Waals surface area contributed by atoms with Crippen LogP contribution in [0.2, 0.25) is 0 Å². The zero-order valence-corrected chi connectivity index (χ0v) is 9.52. The van der Waals surface area contributed by atoms with Crippen LogP contribution in [-0.4, -0.2) is 47.0 Å². The molecule has 17 heavy (non-hydrogen) atoms. The lowest BCUT2D eigenvalue weighted by molar-refractivity contribution is -0.137. The molecule has 0 radical (unpaired) electrons. The molecule has 1 saturated carbocycles. The van der Waals surface area contributed by atoms with Crippen LogP contribution < -0.4 is 11.1 Å². The van der Waals surface area contributed by atoms with Crippen molar-refractivity contribution >= 4 is 17.9 Å². The summed E-state index contributed by atoms with van der Waals surface area (Å²) < 4.78 is 0. The van der Waals surface area contributed by atoms with Gasteiger partial charge in [0.05, 0.1) is 6.42 Å². The van der Waals surface area contributed by atoms with Crippen molar-refractivity contribution in [1.82, 2.24) is 10.2 Å². The normalized spacial score (nSPS) is 14.1. The molecule has 0 aromatic rings. The molecule has 0 bridgehead atoms. The number of primary amides is 1. The summed E-state index contributed by atoms with van der Waals surface area (Å²) in [5.41, 5.74) is 4.94. The summed E-state index contributed by atoms with van der Waals surface area (Å²) in [4.78, 5) is 34.1. The molecule has 0 heterocycles. The zero-order valence-electron chi connectivity index (χ0n) is 9.52. The van der Waals surface area contributed by atoms with Gasteiger partial charge in [0.15, 0.2) is 0 Å². The highest BCUT2D eigenvalue weighted by molar-refractivity contribution is 5.78. The first kappa shape index (κ1) is 13.3. The highest BCUT2D eigenvalue weighted by atomic mass is 16.4. The molecule has 1 fully saturated rings. The van der Waals surface area contributed by atoms with Crippen LogP contribution in [0.1, 0.15) is 25.7 Å². The number of nitrogens with zero attached hydrogens (tertiary/aromatic N) is 1. The zero-order chi connectivity index (χ0) is 12.8. The highest BCUT2D eigenvalue weighted by Crippen LogP contribution is 2.26. The van der Waals surface area contributed by atoms with E-state index in [9.17, 15) is 14.4 Å². The van der Waals surface area contributed by atoms with Crippen LogP contribution in [0.5, 0.6) is 0 Å². The predicted molar refractivity (Wildman–Crippen MR) is 59.2 cm³/mol. The van der Waals surface area contributed by atoms with Crippen molar-refractivity contribution in [3.05, 3.63) is 0 Å². The molecule has 0 atom stereocenters. The van der Waals surface area contributed by atoms with Crippen LogP contribution in [0.4, 0.5) is 4.79 Å². The second-order valence-electron chi connectivity index (χ2n) is 4.02. The maximum atomic E-state index is 11.7. The number of carboxylic acid groups (broad SMARTS) is 1. The summed E-state index contributed by atoms with van der Waals surface area (Å²) >= 11 is 0. The standard InChI is InChI=1S/C10H17N3O4/c11-8(14)3-5-12-10(17)13(7-1-2-7)6-4-9(15)16/h7H,1-6H2,(H2,11,14)(H,12,17)(H,15,16). The average Bonchev–Trinajstić information content (AvgIpc) is 3.01. The second-order valence-corrected chi connectivity index (χ2v) is 4.02. The number of rotatable bonds is 7. The maximum absolute atomic E-state index is 11.7. The van der Waals surface area contributed by atoms with E-state index < -0.39 is 11.9 Å². The molecule has 3 amide bonds. The minimum Gasteiger partial charge on any atom is -0.481 e. The molecule has 96 valence electrons. The van der Waals surface area contributed by atoms with E-state index in [1.807, 2.05) is 0 Å². The number of aliphatic carboxylic acids is 1. The van der Waals surface area contributed by atoms with Crippen molar-refractivity contribution < 1.29 is 19.5 Å². The molecule has 0 unspecified atom stereocenters. The Kier molecular flexibility index (Phi) is 4.74. The van der Waals surface area contributed by atoms with Gasteiger partial charge in [-0.15, -0.1) is 0 Å². The fourth-order valence-corrected chi connectivity index (χ4v) is 1.45. The summed E-state index contributed by atoms with van der Waals surface area (Å²) in [5.74, 6) is -1.41. The third kappa shape index (κ3) is 5.19. The molecule has 7 heteroatoms. The third-order valence-electron chi connectivity index (χ3n) is 2.46. The monoisotopic (exact) mass is 243 g/mol. The predicted octanol–water partition coefficient (Wildman–Crippen LogP) is -0.489. The largest absolute Gasteiger partial charge is 0.481 e. The Morgan fingerprint density at radius 1 is 1.29 bits per heavy atom. The number of amides is 3. The molecule has 7 nitrogen and oxygen atoms in total. The minimum absolute atomic E-state index is 0.0697. The maximum Gasteiger partial charge on any atom is 0.317 e. The molecule has 0 aromatic carbocycles. The summed E-state index contributed by atoms with van der Waals surface area (Å²) in [6.45, 7) is 0.382. The number of carbonyl (C=O) groups excluding carboxylic acids is 2. The van der Waals surface area contributed by atoms with E-state index in [0.29, 0.717) is 0 Å². The number of nitrogens with one attached hydrogen (secondary N) is 1. The van der Waals surface area contributed by atoms with Gasteiger partial charge in [0.25, 0.3) is 0 Å². The first-order valence-corrected chi connectivity index (χ1v) is 5.55. The van der Waals surface area contributed by atoms with E-state index in [1.165, 1.54) is 4.90 Å². The average molecular weight is 243 g/mol. The molecule has 0 aromatic heterocycles. The molecule has 0 saturated heterocycles. The number of carboxylic acids is 1. The van der Waals surface area contributed by atoms with E-state index >= 15 is 0 Å². The van der Waals surface area contributed by atoms with Gasteiger partial charge in [0.1, 0.15) is 0 Å². The fraction of sp³-hybridized carbons (Fsp3) is 0.700. The Hall–Kier alpha value is -1.79. The van der Waals surface area contributed by atoms with Gasteiger partial charge in [-0.3, -0.25) is 9.59 Å². The van der Waals surface area contributed by atoms with E-state index in [2.05, 4.69) is 5.32 Å². The van der Waals surface area contributed by atoms with Gasteiger partial charge in [-0.25, -0.2) is 4.79 Å². The topological polar surface area (TPSA) is 113 Å². The molecule has 4 N–H and O–H groups in total. The first-order valence-electron chi connectivity index (χ1n) is 5.55. The Morgan fingerprint density at radius 2 is 1.94 bits per heavy atom. The lowest BCUT2D eigenvalue weighted by Crippen LogP contribution is -2.43. The number of nitrogens with two attached hydrogens (primary N) is 1. The van der Waals surface area contributed by atoms with Crippen molar-refractivity contribution in [2.24, 2.45) is 5.73 Å². The van der Waals surface area contributed by atoms with E-state index in [1.54, 1.807) is 0 Å². The smallest absolute Gasteiger partial charge is 0.317 e. The molecule has 1 aliphatic rings. The van der Waals surface area contributed by atoms with Crippen LogP contribution in [0.15, 0.2) is 0 Å². The number of urea groups is 1. The Balaban J connectivity index is 2.32. The van der Waals surface area contributed by atoms with Crippen molar-refractivity contribution in [1.29, 1.82) is 0 Å².